The molecule has 1 saturated heterocycles. The van der Waals surface area contributed by atoms with Crippen molar-refractivity contribution in [3.63, 3.8) is 0 Å². The van der Waals surface area contributed by atoms with Crippen LogP contribution in [-0.4, -0.2) is 55.8 Å². The van der Waals surface area contributed by atoms with Gasteiger partial charge in [-0.3, -0.25) is 0 Å². The number of amides is 1. The van der Waals surface area contributed by atoms with E-state index < -0.39 is 11.2 Å². The van der Waals surface area contributed by atoms with Crippen LogP contribution in [0.4, 0.5) is 15.1 Å². The Hall–Kier alpha value is -3.11. The Morgan fingerprint density at radius 2 is 1.79 bits per heavy atom. The number of likely N-dealkylation sites (tertiary alicyclic amines) is 1. The van der Waals surface area contributed by atoms with E-state index in [1.807, 2.05) is 26.8 Å². The molecule has 1 amide bonds. The third kappa shape index (κ3) is 6.55. The number of nitrogens with zero attached hydrogens (tertiary/aromatic N) is 4. The monoisotopic (exact) mass is 553 g/mol. The summed E-state index contributed by atoms with van der Waals surface area (Å²) >= 11 is 1.38. The fourth-order valence-corrected chi connectivity index (χ4v) is 6.28. The Kier molecular flexibility index (Phi) is 7.87. The predicted octanol–water partition coefficient (Wildman–Crippen LogP) is 6.37. The maximum absolute atomic E-state index is 13.7. The van der Waals surface area contributed by atoms with E-state index in [4.69, 9.17) is 14.7 Å². The summed E-state index contributed by atoms with van der Waals surface area (Å²) in [6, 6.07) is 8.39. The van der Waals surface area contributed by atoms with E-state index in [1.54, 1.807) is 23.2 Å². The minimum atomic E-state index is -1.20. The summed E-state index contributed by atoms with van der Waals surface area (Å²) in [5, 5.41) is 15.7. The maximum atomic E-state index is 13.7. The van der Waals surface area contributed by atoms with Crippen molar-refractivity contribution in [1.82, 2.24) is 19.9 Å². The Balaban J connectivity index is 1.43. The van der Waals surface area contributed by atoms with Crippen LogP contribution < -0.4 is 5.32 Å². The number of carbonyl (C=O) groups excluding carboxylic acids is 1. The highest BCUT2D eigenvalue weighted by atomic mass is 32.1. The van der Waals surface area contributed by atoms with Crippen LogP contribution in [0.5, 0.6) is 0 Å². The molecule has 2 aliphatic rings. The van der Waals surface area contributed by atoms with Crippen molar-refractivity contribution < 1.29 is 19.0 Å². The van der Waals surface area contributed by atoms with Crippen LogP contribution in [0.15, 0.2) is 36.5 Å². The average molecular weight is 554 g/mol. The van der Waals surface area contributed by atoms with Gasteiger partial charge in [0.2, 0.25) is 5.95 Å². The first-order chi connectivity index (χ1) is 18.6. The number of ether oxygens (including phenoxy) is 1. The number of carbonyl (C=O) groups is 1. The SMILES string of the molecule is CC(C)(C)OC(=O)N1CCC(O)(c2nc(-c3ccc(F)cc3)c(-c3ccnc(NC4CCCCC4)n3)s2)CC1. The third-order valence-corrected chi connectivity index (χ3v) is 8.48. The van der Waals surface area contributed by atoms with Crippen molar-refractivity contribution in [2.24, 2.45) is 0 Å². The molecule has 2 N–H and O–H groups in total. The molecule has 0 unspecified atom stereocenters. The second-order valence-electron chi connectivity index (χ2n) is 11.4. The van der Waals surface area contributed by atoms with Crippen molar-refractivity contribution in [3.8, 4) is 21.8 Å². The van der Waals surface area contributed by atoms with Crippen LogP contribution >= 0.6 is 11.3 Å². The molecule has 8 nitrogen and oxygen atoms in total. The van der Waals surface area contributed by atoms with Gasteiger partial charge < -0.3 is 20.1 Å². The number of anilines is 1. The zero-order valence-electron chi connectivity index (χ0n) is 22.7. The van der Waals surface area contributed by atoms with Crippen molar-refractivity contribution in [2.45, 2.75) is 83.0 Å². The molecule has 0 radical (unpaired) electrons. The number of aromatic nitrogens is 3. The quantitative estimate of drug-likeness (QED) is 0.379. The number of aliphatic hydroxyl groups is 1. The molecule has 3 heterocycles. The van der Waals surface area contributed by atoms with E-state index in [9.17, 15) is 14.3 Å². The number of hydrogen-bond acceptors (Lipinski definition) is 8. The molecule has 0 spiro atoms. The average Bonchev–Trinajstić information content (AvgIpc) is 3.36. The lowest BCUT2D eigenvalue weighted by Gasteiger charge is -2.37. The van der Waals surface area contributed by atoms with Gasteiger partial charge in [0.05, 0.1) is 16.3 Å². The fraction of sp³-hybridized carbons (Fsp3) is 0.517. The Bertz CT molecular complexity index is 1290. The Labute approximate surface area is 232 Å². The first-order valence-electron chi connectivity index (χ1n) is 13.7. The minimum absolute atomic E-state index is 0.329. The van der Waals surface area contributed by atoms with Crippen molar-refractivity contribution in [2.75, 3.05) is 18.4 Å². The molecule has 1 aliphatic carbocycles. The molecular weight excluding hydrogens is 517 g/mol. The highest BCUT2D eigenvalue weighted by molar-refractivity contribution is 7.15. The third-order valence-electron chi connectivity index (χ3n) is 7.21. The van der Waals surface area contributed by atoms with Crippen LogP contribution in [0.25, 0.3) is 21.8 Å². The highest BCUT2D eigenvalue weighted by Crippen LogP contribution is 2.43. The molecule has 39 heavy (non-hydrogen) atoms. The van der Waals surface area contributed by atoms with Crippen LogP contribution in [0, 0.1) is 5.82 Å². The van der Waals surface area contributed by atoms with Gasteiger partial charge in [-0.25, -0.2) is 24.1 Å². The standard InChI is InChI=1S/C29H36FN5O3S/c1-28(2,3)38-27(36)35-17-14-29(37,15-18-35)25-34-23(19-9-11-20(30)12-10-19)24(39-25)22-13-16-31-26(33-22)32-21-7-5-4-6-8-21/h9-13,16,21,37H,4-8,14-15,17-18H2,1-3H3,(H,31,32,33). The number of piperidine rings is 1. The largest absolute Gasteiger partial charge is 0.444 e. The number of halogens is 1. The number of rotatable bonds is 5. The van der Waals surface area contributed by atoms with E-state index in [2.05, 4.69) is 10.3 Å². The minimum Gasteiger partial charge on any atom is -0.444 e. The summed E-state index contributed by atoms with van der Waals surface area (Å²) in [5.41, 5.74) is 0.291. The van der Waals surface area contributed by atoms with Crippen molar-refractivity contribution in [3.05, 3.63) is 47.4 Å². The molecular formula is C29H36FN5O3S. The van der Waals surface area contributed by atoms with Crippen LogP contribution in [0.1, 0.15) is 70.7 Å². The smallest absolute Gasteiger partial charge is 0.410 e. The van der Waals surface area contributed by atoms with E-state index in [-0.39, 0.29) is 11.9 Å². The number of hydrogen-bond donors (Lipinski definition) is 2. The normalized spacial score (nSPS) is 18.1. The maximum Gasteiger partial charge on any atom is 0.410 e. The number of benzene rings is 1. The van der Waals surface area contributed by atoms with E-state index in [0.29, 0.717) is 54.3 Å². The molecule has 2 fully saturated rings. The van der Waals surface area contributed by atoms with Gasteiger partial charge in [-0.15, -0.1) is 11.3 Å². The Morgan fingerprint density at radius 3 is 2.46 bits per heavy atom. The van der Waals surface area contributed by atoms with Crippen LogP contribution in [0.3, 0.4) is 0 Å². The molecule has 5 rings (SSSR count). The summed E-state index contributed by atoms with van der Waals surface area (Å²) in [4.78, 5) is 29.1. The lowest BCUT2D eigenvalue weighted by Crippen LogP contribution is -2.46. The molecule has 0 atom stereocenters. The van der Waals surface area contributed by atoms with Gasteiger partial charge in [0, 0.05) is 43.7 Å². The van der Waals surface area contributed by atoms with Crippen LogP contribution in [0.2, 0.25) is 0 Å². The molecule has 0 bridgehead atoms. The molecule has 1 saturated carbocycles. The first-order valence-corrected chi connectivity index (χ1v) is 14.5. The fourth-order valence-electron chi connectivity index (χ4n) is 5.08. The summed E-state index contributed by atoms with van der Waals surface area (Å²) < 4.78 is 19.2. The van der Waals surface area contributed by atoms with Gasteiger partial charge >= 0.3 is 6.09 Å². The van der Waals surface area contributed by atoms with Gasteiger partial charge in [-0.05, 0) is 63.9 Å². The van der Waals surface area contributed by atoms with E-state index in [0.717, 1.165) is 23.3 Å². The van der Waals surface area contributed by atoms with Gasteiger partial charge in [0.15, 0.2) is 0 Å². The summed E-state index contributed by atoms with van der Waals surface area (Å²) in [6.45, 7) is 6.22. The first kappa shape index (κ1) is 27.5. The molecule has 2 aromatic heterocycles. The lowest BCUT2D eigenvalue weighted by molar-refractivity contribution is -0.0356. The predicted molar refractivity (Wildman–Crippen MR) is 150 cm³/mol. The zero-order valence-corrected chi connectivity index (χ0v) is 23.6. The van der Waals surface area contributed by atoms with Crippen LogP contribution in [-0.2, 0) is 10.3 Å². The van der Waals surface area contributed by atoms with E-state index >= 15 is 0 Å². The molecule has 10 heteroatoms. The van der Waals surface area contributed by atoms with Gasteiger partial charge in [-0.1, -0.05) is 19.3 Å². The summed E-state index contributed by atoms with van der Waals surface area (Å²) in [6.07, 6.45) is 7.90. The van der Waals surface area contributed by atoms with Gasteiger partial charge in [-0.2, -0.15) is 0 Å². The lowest BCUT2D eigenvalue weighted by atomic mass is 9.92. The van der Waals surface area contributed by atoms with Crippen molar-refractivity contribution >= 4 is 23.4 Å². The summed E-state index contributed by atoms with van der Waals surface area (Å²) in [7, 11) is 0. The molecule has 208 valence electrons. The molecule has 1 aliphatic heterocycles. The van der Waals surface area contributed by atoms with Crippen molar-refractivity contribution in [1.29, 1.82) is 0 Å². The summed E-state index contributed by atoms with van der Waals surface area (Å²) in [5.74, 6) is 0.244. The molecule has 3 aromatic rings. The topological polar surface area (TPSA) is 100 Å². The van der Waals surface area contributed by atoms with Gasteiger partial charge in [0.25, 0.3) is 0 Å². The second kappa shape index (κ2) is 11.2. The number of thiazole rings is 1. The Morgan fingerprint density at radius 1 is 1.10 bits per heavy atom. The number of nitrogens with one attached hydrogen (secondary N) is 1. The van der Waals surface area contributed by atoms with Gasteiger partial charge in [0.1, 0.15) is 22.0 Å². The highest BCUT2D eigenvalue weighted by Gasteiger charge is 2.40. The van der Waals surface area contributed by atoms with E-state index in [1.165, 1.54) is 42.7 Å². The second-order valence-corrected chi connectivity index (χ2v) is 12.4. The molecule has 1 aromatic carbocycles. The zero-order chi connectivity index (χ0) is 27.6.